The summed E-state index contributed by atoms with van der Waals surface area (Å²) >= 11 is 0. The van der Waals surface area contributed by atoms with Crippen LogP contribution in [0.5, 0.6) is 0 Å². The van der Waals surface area contributed by atoms with Crippen LogP contribution in [0.4, 0.5) is 5.69 Å². The Hall–Kier alpha value is -2.87. The molecule has 0 aliphatic carbocycles. The Morgan fingerprint density at radius 3 is 2.18 bits per heavy atom. The van der Waals surface area contributed by atoms with Crippen molar-refractivity contribution in [3.8, 4) is 0 Å². The maximum Gasteiger partial charge on any atom is 0.309 e. The highest BCUT2D eigenvalue weighted by atomic mass is 32.2. The van der Waals surface area contributed by atoms with E-state index in [1.54, 1.807) is 42.2 Å². The molecule has 0 saturated carbocycles. The van der Waals surface area contributed by atoms with E-state index in [0.717, 1.165) is 16.7 Å². The zero-order chi connectivity index (χ0) is 24.2. The van der Waals surface area contributed by atoms with Crippen LogP contribution in [-0.2, 0) is 26.1 Å². The molecule has 0 bridgehead atoms. The predicted octanol–water partition coefficient (Wildman–Crippen LogP) is 4.32. The van der Waals surface area contributed by atoms with Crippen LogP contribution in [0.3, 0.4) is 0 Å². The molecule has 1 fully saturated rings. The van der Waals surface area contributed by atoms with Crippen LogP contribution in [-0.4, -0.2) is 51.1 Å². The third-order valence-corrected chi connectivity index (χ3v) is 7.25. The van der Waals surface area contributed by atoms with Gasteiger partial charge in [-0.15, -0.1) is 0 Å². The molecule has 0 unspecified atom stereocenters. The molecule has 2 aromatic carbocycles. The van der Waals surface area contributed by atoms with E-state index in [9.17, 15) is 18.0 Å². The van der Waals surface area contributed by atoms with Crippen LogP contribution in [0, 0.1) is 19.8 Å². The average Bonchev–Trinajstić information content (AvgIpc) is 2.79. The summed E-state index contributed by atoms with van der Waals surface area (Å²) in [7, 11) is -3.49. The molecular weight excluding hydrogens is 452 g/mol. The Bertz CT molecular complexity index is 1100. The molecule has 2 aromatic rings. The molecular formula is C26H36N2O5S. The van der Waals surface area contributed by atoms with Crippen LogP contribution >= 0.6 is 0 Å². The lowest BCUT2D eigenvalue weighted by Gasteiger charge is -2.31. The van der Waals surface area contributed by atoms with Crippen LogP contribution in [0.15, 0.2) is 42.5 Å². The highest BCUT2D eigenvalue weighted by Gasteiger charge is 2.28. The molecule has 186 valence electrons. The van der Waals surface area contributed by atoms with Crippen molar-refractivity contribution in [1.29, 1.82) is 0 Å². The van der Waals surface area contributed by atoms with Crippen molar-refractivity contribution in [2.75, 3.05) is 30.3 Å². The number of piperidine rings is 1. The van der Waals surface area contributed by atoms with Crippen molar-refractivity contribution < 1.29 is 22.7 Å². The summed E-state index contributed by atoms with van der Waals surface area (Å²) in [5.74, 6) is -0.421. The van der Waals surface area contributed by atoms with Gasteiger partial charge >= 0.3 is 5.97 Å². The number of amides is 1. The van der Waals surface area contributed by atoms with Gasteiger partial charge in [-0.2, -0.15) is 0 Å². The molecule has 1 aliphatic rings. The summed E-state index contributed by atoms with van der Waals surface area (Å²) in [5.41, 5.74) is 4.07. The number of ether oxygens (including phenoxy) is 1. The summed E-state index contributed by atoms with van der Waals surface area (Å²) < 4.78 is 31.4. The van der Waals surface area contributed by atoms with Crippen molar-refractivity contribution >= 4 is 27.6 Å². The van der Waals surface area contributed by atoms with Crippen molar-refractivity contribution in [1.82, 2.24) is 4.90 Å². The minimum atomic E-state index is -3.49. The highest BCUT2D eigenvalue weighted by molar-refractivity contribution is 7.92. The fourth-order valence-electron chi connectivity index (χ4n) is 3.96. The first kappa shape index (κ1) is 27.4. The molecule has 0 spiro atoms. The first-order chi connectivity index (χ1) is 15.6. The molecule has 1 aliphatic heterocycles. The molecule has 8 heteroatoms. The summed E-state index contributed by atoms with van der Waals surface area (Å²) in [6.45, 7) is 7.30. The Morgan fingerprint density at radius 1 is 1.03 bits per heavy atom. The molecule has 3 rings (SSSR count). The largest absolute Gasteiger partial charge is 0.466 e. The van der Waals surface area contributed by atoms with E-state index in [2.05, 4.69) is 0 Å². The fraction of sp³-hybridized carbons (Fsp3) is 0.462. The minimum Gasteiger partial charge on any atom is -0.466 e. The highest BCUT2D eigenvalue weighted by Crippen LogP contribution is 2.24. The van der Waals surface area contributed by atoms with Gasteiger partial charge in [0.1, 0.15) is 0 Å². The molecule has 0 atom stereocenters. The second-order valence-electron chi connectivity index (χ2n) is 8.55. The number of likely N-dealkylation sites (tertiary alicyclic amines) is 1. The van der Waals surface area contributed by atoms with Gasteiger partial charge in [0.25, 0.3) is 5.91 Å². The SMILES string of the molecule is C.CCOC(=O)C1CCN(C(=O)c2ccc(CN(c3ccc(C)c(C)c3)S(C)(=O)=O)cc2)CC1. The lowest BCUT2D eigenvalue weighted by molar-refractivity contribution is -0.149. The maximum absolute atomic E-state index is 12.9. The fourth-order valence-corrected chi connectivity index (χ4v) is 4.84. The van der Waals surface area contributed by atoms with E-state index in [0.29, 0.717) is 43.8 Å². The number of nitrogens with zero attached hydrogens (tertiary/aromatic N) is 2. The van der Waals surface area contributed by atoms with Crippen LogP contribution < -0.4 is 4.31 Å². The van der Waals surface area contributed by atoms with Gasteiger partial charge in [-0.25, -0.2) is 8.42 Å². The van der Waals surface area contributed by atoms with E-state index < -0.39 is 10.0 Å². The van der Waals surface area contributed by atoms with E-state index in [1.807, 2.05) is 26.0 Å². The van der Waals surface area contributed by atoms with Gasteiger partial charge in [0.2, 0.25) is 10.0 Å². The minimum absolute atomic E-state index is 0. The molecule has 0 radical (unpaired) electrons. The second kappa shape index (κ2) is 11.5. The van der Waals surface area contributed by atoms with Crippen LogP contribution in [0.1, 0.15) is 54.2 Å². The second-order valence-corrected chi connectivity index (χ2v) is 10.5. The van der Waals surface area contributed by atoms with Crippen molar-refractivity contribution in [2.24, 2.45) is 5.92 Å². The molecule has 7 nitrogen and oxygen atoms in total. The van der Waals surface area contributed by atoms with Gasteiger partial charge in [0.05, 0.1) is 31.0 Å². The first-order valence-corrected chi connectivity index (χ1v) is 13.0. The van der Waals surface area contributed by atoms with E-state index >= 15 is 0 Å². The lowest BCUT2D eigenvalue weighted by atomic mass is 9.96. The van der Waals surface area contributed by atoms with Gasteiger partial charge in [-0.05, 0) is 74.6 Å². The van der Waals surface area contributed by atoms with Crippen molar-refractivity contribution in [3.05, 3.63) is 64.7 Å². The molecule has 1 saturated heterocycles. The van der Waals surface area contributed by atoms with Gasteiger partial charge in [-0.1, -0.05) is 25.6 Å². The molecule has 1 heterocycles. The van der Waals surface area contributed by atoms with Crippen molar-refractivity contribution in [2.45, 2.75) is 47.6 Å². The third kappa shape index (κ3) is 6.59. The van der Waals surface area contributed by atoms with Crippen LogP contribution in [0.25, 0.3) is 0 Å². The lowest BCUT2D eigenvalue weighted by Crippen LogP contribution is -2.40. The van der Waals surface area contributed by atoms with Gasteiger partial charge in [0.15, 0.2) is 0 Å². The van der Waals surface area contributed by atoms with Gasteiger partial charge in [-0.3, -0.25) is 13.9 Å². The van der Waals surface area contributed by atoms with E-state index in [-0.39, 0.29) is 31.8 Å². The first-order valence-electron chi connectivity index (χ1n) is 11.2. The zero-order valence-corrected chi connectivity index (χ0v) is 20.5. The van der Waals surface area contributed by atoms with Crippen LogP contribution in [0.2, 0.25) is 0 Å². The average molecular weight is 489 g/mol. The molecule has 34 heavy (non-hydrogen) atoms. The number of sulfonamides is 1. The Morgan fingerprint density at radius 2 is 1.65 bits per heavy atom. The number of aryl methyl sites for hydroxylation is 2. The Balaban J connectivity index is 0.00000408. The summed E-state index contributed by atoms with van der Waals surface area (Å²) in [6.07, 6.45) is 2.39. The summed E-state index contributed by atoms with van der Waals surface area (Å²) in [5, 5.41) is 0. The molecule has 0 aromatic heterocycles. The number of hydrogen-bond donors (Lipinski definition) is 0. The Kier molecular flexibility index (Phi) is 9.27. The third-order valence-electron chi connectivity index (χ3n) is 6.11. The summed E-state index contributed by atoms with van der Waals surface area (Å²) in [6, 6.07) is 12.6. The van der Waals surface area contributed by atoms with Gasteiger partial charge in [0, 0.05) is 18.7 Å². The monoisotopic (exact) mass is 488 g/mol. The number of carbonyl (C=O) groups is 2. The number of benzene rings is 2. The van der Waals surface area contributed by atoms with Gasteiger partial charge < -0.3 is 9.64 Å². The zero-order valence-electron chi connectivity index (χ0n) is 19.7. The quantitative estimate of drug-likeness (QED) is 0.542. The molecule has 0 N–H and O–H groups in total. The smallest absolute Gasteiger partial charge is 0.309 e. The number of esters is 1. The normalized spacial score (nSPS) is 14.3. The Labute approximate surface area is 203 Å². The molecule has 1 amide bonds. The standard InChI is InChI=1S/C25H32N2O5S.CH4/c1-5-32-25(29)22-12-14-26(15-13-22)24(28)21-9-7-20(8-10-21)17-27(33(4,30)31)23-11-6-18(2)19(3)16-23;/h6-11,16,22H,5,12-15,17H2,1-4H3;1H4. The topological polar surface area (TPSA) is 84.0 Å². The van der Waals surface area contributed by atoms with E-state index in [4.69, 9.17) is 4.74 Å². The summed E-state index contributed by atoms with van der Waals surface area (Å²) in [4.78, 5) is 26.5. The number of rotatable bonds is 7. The predicted molar refractivity (Wildman–Crippen MR) is 135 cm³/mol. The number of carbonyl (C=O) groups excluding carboxylic acids is 2. The van der Waals surface area contributed by atoms with Crippen molar-refractivity contribution in [3.63, 3.8) is 0 Å². The number of hydrogen-bond acceptors (Lipinski definition) is 5. The maximum atomic E-state index is 12.9. The number of anilines is 1. The van der Waals surface area contributed by atoms with E-state index in [1.165, 1.54) is 10.6 Å².